The van der Waals surface area contributed by atoms with E-state index in [1.54, 1.807) is 33.5 Å². The van der Waals surface area contributed by atoms with Crippen LogP contribution in [0.25, 0.3) is 11.3 Å². The molecule has 0 aliphatic carbocycles. The van der Waals surface area contributed by atoms with E-state index >= 15 is 0 Å². The van der Waals surface area contributed by atoms with Crippen molar-refractivity contribution in [3.05, 3.63) is 17.1 Å². The third kappa shape index (κ3) is 2.90. The molecule has 114 valence electrons. The number of thiazole rings is 1. The van der Waals surface area contributed by atoms with Crippen LogP contribution in [0.4, 0.5) is 5.00 Å². The quantitative estimate of drug-likeness (QED) is 0.915. The van der Waals surface area contributed by atoms with Gasteiger partial charge in [-0.3, -0.25) is 0 Å². The van der Waals surface area contributed by atoms with Crippen LogP contribution >= 0.6 is 11.3 Å². The van der Waals surface area contributed by atoms with Crippen LogP contribution in [-0.2, 0) is 0 Å². The molecule has 0 saturated heterocycles. The van der Waals surface area contributed by atoms with E-state index in [9.17, 15) is 0 Å². The summed E-state index contributed by atoms with van der Waals surface area (Å²) in [4.78, 5) is 4.64. The van der Waals surface area contributed by atoms with Crippen molar-refractivity contribution in [2.75, 3.05) is 27.1 Å². The number of anilines is 1. The Morgan fingerprint density at radius 1 is 1.05 bits per heavy atom. The van der Waals surface area contributed by atoms with Crippen molar-refractivity contribution in [3.63, 3.8) is 0 Å². The van der Waals surface area contributed by atoms with Crippen LogP contribution < -0.4 is 19.9 Å². The Balaban J connectivity index is 2.67. The van der Waals surface area contributed by atoms with Crippen LogP contribution in [0.2, 0.25) is 0 Å². The number of nitrogens with zero attached hydrogens (tertiary/aromatic N) is 1. The summed E-state index contributed by atoms with van der Waals surface area (Å²) >= 11 is 1.49. The molecule has 0 fully saturated rings. The van der Waals surface area contributed by atoms with Crippen molar-refractivity contribution in [1.82, 2.24) is 4.98 Å². The first-order valence-corrected chi connectivity index (χ1v) is 7.40. The van der Waals surface area contributed by atoms with E-state index in [4.69, 9.17) is 19.9 Å². The van der Waals surface area contributed by atoms with Gasteiger partial charge in [-0.15, -0.1) is 11.3 Å². The molecule has 0 amide bonds. The predicted octanol–water partition coefficient (Wildman–Crippen LogP) is 3.54. The lowest BCUT2D eigenvalue weighted by Gasteiger charge is -2.14. The summed E-state index contributed by atoms with van der Waals surface area (Å²) in [6, 6.07) is 3.59. The zero-order chi connectivity index (χ0) is 15.6. The molecule has 0 saturated carbocycles. The summed E-state index contributed by atoms with van der Waals surface area (Å²) < 4.78 is 16.2. The number of nitrogens with two attached hydrogens (primary N) is 1. The highest BCUT2D eigenvalue weighted by Gasteiger charge is 2.21. The van der Waals surface area contributed by atoms with E-state index in [-0.39, 0.29) is 0 Å². The fourth-order valence-corrected chi connectivity index (χ4v) is 2.86. The second-order valence-electron chi connectivity index (χ2n) is 4.83. The van der Waals surface area contributed by atoms with Gasteiger partial charge in [0.15, 0.2) is 0 Å². The smallest absolute Gasteiger partial charge is 0.135 e. The SMILES string of the molecule is COc1cc(OC)c(-c2nc(C(C)C)sc2N)c(OC)c1. The topological polar surface area (TPSA) is 66.6 Å². The minimum Gasteiger partial charge on any atom is -0.496 e. The summed E-state index contributed by atoms with van der Waals surface area (Å²) in [6.07, 6.45) is 0. The zero-order valence-corrected chi connectivity index (χ0v) is 13.7. The van der Waals surface area contributed by atoms with Gasteiger partial charge in [0.1, 0.15) is 27.9 Å². The van der Waals surface area contributed by atoms with Gasteiger partial charge >= 0.3 is 0 Å². The van der Waals surface area contributed by atoms with Crippen LogP contribution in [0.15, 0.2) is 12.1 Å². The van der Waals surface area contributed by atoms with E-state index in [0.717, 1.165) is 10.6 Å². The number of methoxy groups -OCH3 is 3. The van der Waals surface area contributed by atoms with Crippen LogP contribution in [-0.4, -0.2) is 26.3 Å². The molecule has 0 atom stereocenters. The molecule has 0 bridgehead atoms. The fourth-order valence-electron chi connectivity index (χ4n) is 2.01. The summed E-state index contributed by atoms with van der Waals surface area (Å²) in [5.74, 6) is 2.23. The van der Waals surface area contributed by atoms with Gasteiger partial charge in [0.25, 0.3) is 0 Å². The molecule has 0 spiro atoms. The third-order valence-corrected chi connectivity index (χ3v) is 4.30. The maximum absolute atomic E-state index is 6.14. The minimum atomic E-state index is 0.321. The molecule has 0 radical (unpaired) electrons. The standard InChI is InChI=1S/C15H20N2O3S/c1-8(2)15-17-13(14(16)21-15)12-10(19-4)6-9(18-3)7-11(12)20-5/h6-8H,16H2,1-5H3. The summed E-state index contributed by atoms with van der Waals surface area (Å²) in [6.45, 7) is 4.18. The van der Waals surface area contributed by atoms with Crippen LogP contribution in [0, 0.1) is 0 Å². The molecule has 1 aromatic carbocycles. The molecule has 6 heteroatoms. The number of benzene rings is 1. The van der Waals surface area contributed by atoms with Crippen molar-refractivity contribution in [2.45, 2.75) is 19.8 Å². The van der Waals surface area contributed by atoms with Gasteiger partial charge in [-0.05, 0) is 0 Å². The molecule has 0 aliphatic rings. The highest BCUT2D eigenvalue weighted by molar-refractivity contribution is 7.16. The Hall–Kier alpha value is -1.95. The highest BCUT2D eigenvalue weighted by atomic mass is 32.1. The monoisotopic (exact) mass is 308 g/mol. The molecule has 5 nitrogen and oxygen atoms in total. The van der Waals surface area contributed by atoms with Crippen molar-refractivity contribution in [2.24, 2.45) is 0 Å². The average molecular weight is 308 g/mol. The first-order chi connectivity index (χ1) is 10.0. The Morgan fingerprint density at radius 3 is 2.00 bits per heavy atom. The Bertz CT molecular complexity index is 613. The maximum Gasteiger partial charge on any atom is 0.135 e. The van der Waals surface area contributed by atoms with Gasteiger partial charge in [-0.25, -0.2) is 4.98 Å². The maximum atomic E-state index is 6.14. The largest absolute Gasteiger partial charge is 0.496 e. The number of rotatable bonds is 5. The molecule has 0 aliphatic heterocycles. The minimum absolute atomic E-state index is 0.321. The first kappa shape index (κ1) is 15.4. The highest BCUT2D eigenvalue weighted by Crippen LogP contribution is 2.45. The van der Waals surface area contributed by atoms with Crippen molar-refractivity contribution in [1.29, 1.82) is 0 Å². The number of hydrogen-bond donors (Lipinski definition) is 1. The predicted molar refractivity (Wildman–Crippen MR) is 85.7 cm³/mol. The number of hydrogen-bond acceptors (Lipinski definition) is 6. The Labute approximate surface area is 128 Å². The lowest BCUT2D eigenvalue weighted by Crippen LogP contribution is -1.97. The van der Waals surface area contributed by atoms with Crippen molar-refractivity contribution < 1.29 is 14.2 Å². The van der Waals surface area contributed by atoms with E-state index in [1.807, 2.05) is 0 Å². The molecule has 1 heterocycles. The molecular formula is C15H20N2O3S. The molecule has 2 N–H and O–H groups in total. The Morgan fingerprint density at radius 2 is 1.62 bits per heavy atom. The lowest BCUT2D eigenvalue weighted by molar-refractivity contribution is 0.377. The number of ether oxygens (including phenoxy) is 3. The van der Waals surface area contributed by atoms with E-state index < -0.39 is 0 Å². The van der Waals surface area contributed by atoms with E-state index in [1.165, 1.54) is 11.3 Å². The molecule has 0 unspecified atom stereocenters. The van der Waals surface area contributed by atoms with E-state index in [2.05, 4.69) is 18.8 Å². The molecule has 2 rings (SSSR count). The molecule has 21 heavy (non-hydrogen) atoms. The number of nitrogen functional groups attached to an aromatic ring is 1. The van der Waals surface area contributed by atoms with Gasteiger partial charge in [-0.1, -0.05) is 13.8 Å². The zero-order valence-electron chi connectivity index (χ0n) is 12.9. The van der Waals surface area contributed by atoms with Gasteiger partial charge in [-0.2, -0.15) is 0 Å². The van der Waals surface area contributed by atoms with Crippen molar-refractivity contribution in [3.8, 4) is 28.5 Å². The van der Waals surface area contributed by atoms with Crippen LogP contribution in [0.3, 0.4) is 0 Å². The summed E-state index contributed by atoms with van der Waals surface area (Å²) in [7, 11) is 4.80. The number of aromatic nitrogens is 1. The first-order valence-electron chi connectivity index (χ1n) is 6.58. The van der Waals surface area contributed by atoms with Crippen LogP contribution in [0.5, 0.6) is 17.2 Å². The second-order valence-corrected chi connectivity index (χ2v) is 5.89. The molecular weight excluding hydrogens is 288 g/mol. The third-order valence-electron chi connectivity index (χ3n) is 3.12. The summed E-state index contributed by atoms with van der Waals surface area (Å²) in [5.41, 5.74) is 7.59. The van der Waals surface area contributed by atoms with Crippen LogP contribution in [0.1, 0.15) is 24.8 Å². The van der Waals surface area contributed by atoms with E-state index in [0.29, 0.717) is 33.9 Å². The Kier molecular flexibility index (Phi) is 4.57. The molecule has 2 aromatic rings. The summed E-state index contributed by atoms with van der Waals surface area (Å²) in [5, 5.41) is 1.64. The van der Waals surface area contributed by atoms with Crippen molar-refractivity contribution >= 4 is 16.3 Å². The molecule has 1 aromatic heterocycles. The second kappa shape index (κ2) is 6.22. The van der Waals surface area contributed by atoms with Gasteiger partial charge < -0.3 is 19.9 Å². The van der Waals surface area contributed by atoms with Gasteiger partial charge in [0.05, 0.1) is 31.9 Å². The van der Waals surface area contributed by atoms with Gasteiger partial charge in [0.2, 0.25) is 0 Å². The van der Waals surface area contributed by atoms with Gasteiger partial charge in [0, 0.05) is 18.1 Å². The normalized spacial score (nSPS) is 10.8. The average Bonchev–Trinajstić information content (AvgIpc) is 2.87. The fraction of sp³-hybridized carbons (Fsp3) is 0.400. The lowest BCUT2D eigenvalue weighted by atomic mass is 10.1.